The van der Waals surface area contributed by atoms with Crippen molar-refractivity contribution in [1.82, 2.24) is 20.2 Å². The molecular formula is C27H27Cl2N5O2. The van der Waals surface area contributed by atoms with Gasteiger partial charge in [0.2, 0.25) is 0 Å². The van der Waals surface area contributed by atoms with E-state index in [1.54, 1.807) is 13.3 Å². The Morgan fingerprint density at radius 1 is 1.11 bits per heavy atom. The lowest BCUT2D eigenvalue weighted by Crippen LogP contribution is -2.64. The average Bonchev–Trinajstić information content (AvgIpc) is 3.24. The van der Waals surface area contributed by atoms with E-state index in [0.29, 0.717) is 27.3 Å². The summed E-state index contributed by atoms with van der Waals surface area (Å²) in [5.41, 5.74) is 4.58. The molecule has 1 aliphatic heterocycles. The number of aryl methyl sites for hydroxylation is 1. The highest BCUT2D eigenvalue weighted by Crippen LogP contribution is 2.50. The first-order valence-corrected chi connectivity index (χ1v) is 12.8. The summed E-state index contributed by atoms with van der Waals surface area (Å²) in [6.07, 6.45) is 5.88. The van der Waals surface area contributed by atoms with Crippen LogP contribution in [-0.2, 0) is 4.74 Å². The number of pyridine rings is 2. The van der Waals surface area contributed by atoms with E-state index in [4.69, 9.17) is 37.7 Å². The Morgan fingerprint density at radius 3 is 2.64 bits per heavy atom. The maximum absolute atomic E-state index is 6.47. The van der Waals surface area contributed by atoms with E-state index in [9.17, 15) is 0 Å². The molecule has 36 heavy (non-hydrogen) atoms. The van der Waals surface area contributed by atoms with E-state index in [2.05, 4.69) is 32.2 Å². The average molecular weight is 524 g/mol. The number of halogens is 2. The van der Waals surface area contributed by atoms with Crippen LogP contribution in [0.5, 0.6) is 5.75 Å². The number of hydrogen-bond donors (Lipinski definition) is 1. The Hall–Kier alpha value is -2.87. The topological polar surface area (TPSA) is 76.2 Å². The lowest BCUT2D eigenvalue weighted by atomic mass is 9.62. The Labute approximate surface area is 219 Å². The van der Waals surface area contributed by atoms with Crippen molar-refractivity contribution in [3.63, 3.8) is 0 Å². The van der Waals surface area contributed by atoms with E-state index >= 15 is 0 Å². The van der Waals surface area contributed by atoms with Crippen LogP contribution in [0, 0.1) is 12.3 Å². The first-order chi connectivity index (χ1) is 17.4. The Kier molecular flexibility index (Phi) is 5.82. The summed E-state index contributed by atoms with van der Waals surface area (Å²) in [6.45, 7) is 5.87. The molecule has 1 atom stereocenters. The quantitative estimate of drug-likeness (QED) is 0.315. The lowest BCUT2D eigenvalue weighted by molar-refractivity contribution is -0.0733. The third-order valence-corrected chi connectivity index (χ3v) is 8.27. The summed E-state index contributed by atoms with van der Waals surface area (Å²) in [6, 6.07) is 10.0. The minimum Gasteiger partial charge on any atom is -0.486 e. The smallest absolute Gasteiger partial charge is 0.128 e. The van der Waals surface area contributed by atoms with Gasteiger partial charge < -0.3 is 14.4 Å². The number of rotatable bonds is 6. The summed E-state index contributed by atoms with van der Waals surface area (Å²) in [4.78, 5) is 11.3. The van der Waals surface area contributed by atoms with E-state index in [1.165, 1.54) is 0 Å². The fourth-order valence-electron chi connectivity index (χ4n) is 5.47. The van der Waals surface area contributed by atoms with Gasteiger partial charge in [0.25, 0.3) is 0 Å². The van der Waals surface area contributed by atoms with Gasteiger partial charge in [0.15, 0.2) is 0 Å². The van der Waals surface area contributed by atoms with Crippen molar-refractivity contribution >= 4 is 39.9 Å². The lowest BCUT2D eigenvalue weighted by Gasteiger charge is -2.59. The molecule has 2 aliphatic rings. The highest BCUT2D eigenvalue weighted by molar-refractivity contribution is 6.36. The molecule has 1 saturated heterocycles. The molecule has 0 bridgehead atoms. The fraction of sp³-hybridized carbons (Fsp3) is 0.370. The SMILES string of the molecule is COC1CC2(C1)CN(c1ccc(-c3n[nH]c4ccc(OC(C)c5c(Cl)cnc(C)c5Cl)cc34)cn1)C2. The van der Waals surface area contributed by atoms with Crippen molar-refractivity contribution in [1.29, 1.82) is 0 Å². The van der Waals surface area contributed by atoms with Gasteiger partial charge in [-0.25, -0.2) is 4.98 Å². The van der Waals surface area contributed by atoms with Crippen LogP contribution in [-0.4, -0.2) is 46.5 Å². The molecule has 3 aromatic heterocycles. The number of H-pyrrole nitrogens is 1. The Morgan fingerprint density at radius 2 is 1.92 bits per heavy atom. The molecule has 1 unspecified atom stereocenters. The third-order valence-electron chi connectivity index (χ3n) is 7.49. The second-order valence-corrected chi connectivity index (χ2v) is 10.8. The number of aromatic nitrogens is 4. The van der Waals surface area contributed by atoms with Crippen molar-refractivity contribution in [2.24, 2.45) is 5.41 Å². The van der Waals surface area contributed by atoms with Crippen LogP contribution in [0.4, 0.5) is 5.82 Å². The number of benzene rings is 1. The molecule has 4 heterocycles. The number of anilines is 1. The van der Waals surface area contributed by atoms with Crippen LogP contribution in [0.1, 0.15) is 37.1 Å². The fourth-order valence-corrected chi connectivity index (χ4v) is 6.12. The molecule has 1 aromatic carbocycles. The largest absolute Gasteiger partial charge is 0.486 e. The monoisotopic (exact) mass is 523 g/mol. The summed E-state index contributed by atoms with van der Waals surface area (Å²) in [7, 11) is 1.80. The highest BCUT2D eigenvalue weighted by atomic mass is 35.5. The van der Waals surface area contributed by atoms with Crippen LogP contribution in [0.25, 0.3) is 22.2 Å². The van der Waals surface area contributed by atoms with Crippen LogP contribution < -0.4 is 9.64 Å². The molecule has 4 aromatic rings. The van der Waals surface area contributed by atoms with Gasteiger partial charge in [0.05, 0.1) is 27.4 Å². The predicted molar refractivity (Wildman–Crippen MR) is 142 cm³/mol. The van der Waals surface area contributed by atoms with E-state index in [0.717, 1.165) is 65.2 Å². The number of hydrogen-bond acceptors (Lipinski definition) is 6. The van der Waals surface area contributed by atoms with E-state index in [-0.39, 0.29) is 6.10 Å². The van der Waals surface area contributed by atoms with Gasteiger partial charge in [-0.1, -0.05) is 23.2 Å². The molecule has 9 heteroatoms. The molecule has 186 valence electrons. The molecule has 1 spiro atoms. The minimum atomic E-state index is -0.352. The molecule has 1 N–H and O–H groups in total. The Bertz CT molecular complexity index is 1420. The molecule has 1 saturated carbocycles. The zero-order valence-corrected chi connectivity index (χ0v) is 21.9. The molecule has 7 nitrogen and oxygen atoms in total. The summed E-state index contributed by atoms with van der Waals surface area (Å²) in [5, 5.41) is 9.64. The summed E-state index contributed by atoms with van der Waals surface area (Å²) in [5.74, 6) is 1.70. The van der Waals surface area contributed by atoms with Gasteiger partial charge in [0, 0.05) is 54.5 Å². The maximum atomic E-state index is 6.47. The number of fused-ring (bicyclic) bond motifs is 1. The van der Waals surface area contributed by atoms with Gasteiger partial charge in [0.1, 0.15) is 23.4 Å². The van der Waals surface area contributed by atoms with Crippen LogP contribution in [0.2, 0.25) is 10.0 Å². The van der Waals surface area contributed by atoms with Gasteiger partial charge in [-0.2, -0.15) is 5.10 Å². The van der Waals surface area contributed by atoms with Gasteiger partial charge in [-0.3, -0.25) is 10.1 Å². The zero-order chi connectivity index (χ0) is 25.0. The first-order valence-electron chi connectivity index (χ1n) is 12.1. The normalized spacial score (nSPS) is 17.8. The number of ether oxygens (including phenoxy) is 2. The second kappa shape index (κ2) is 8.91. The number of aromatic amines is 1. The van der Waals surface area contributed by atoms with E-state index < -0.39 is 0 Å². The summed E-state index contributed by atoms with van der Waals surface area (Å²) < 4.78 is 11.7. The van der Waals surface area contributed by atoms with Crippen molar-refractivity contribution in [2.45, 2.75) is 38.9 Å². The standard InChI is InChI=1S/C27H27Cl2N5O2/c1-15-25(29)24(21(28)12-30-15)16(2)36-18-5-6-22-20(8-18)26(33-32-22)17-4-7-23(31-11-17)34-13-27(14-34)9-19(10-27)35-3/h4-8,11-12,16,19H,9-10,13-14H2,1-3H3,(H,32,33). The van der Waals surface area contributed by atoms with Gasteiger partial charge in [-0.05, 0) is 57.0 Å². The maximum Gasteiger partial charge on any atom is 0.128 e. The molecule has 0 amide bonds. The molecule has 0 radical (unpaired) electrons. The van der Waals surface area contributed by atoms with E-state index in [1.807, 2.05) is 38.2 Å². The number of nitrogens with one attached hydrogen (secondary N) is 1. The van der Waals surface area contributed by atoms with Crippen LogP contribution >= 0.6 is 23.2 Å². The first kappa shape index (κ1) is 23.5. The second-order valence-electron chi connectivity index (χ2n) is 9.99. The predicted octanol–water partition coefficient (Wildman–Crippen LogP) is 6.39. The van der Waals surface area contributed by atoms with Crippen molar-refractivity contribution in [3.8, 4) is 17.0 Å². The molecule has 1 aliphatic carbocycles. The molecular weight excluding hydrogens is 497 g/mol. The van der Waals surface area contributed by atoms with Crippen LogP contribution in [0.15, 0.2) is 42.7 Å². The summed E-state index contributed by atoms with van der Waals surface area (Å²) >= 11 is 12.9. The molecule has 2 fully saturated rings. The van der Waals surface area contributed by atoms with Crippen molar-refractivity contribution in [3.05, 3.63) is 64.0 Å². The minimum absolute atomic E-state index is 0.352. The van der Waals surface area contributed by atoms with Gasteiger partial charge >= 0.3 is 0 Å². The van der Waals surface area contributed by atoms with Crippen molar-refractivity contribution in [2.75, 3.05) is 25.1 Å². The van der Waals surface area contributed by atoms with Crippen LogP contribution in [0.3, 0.4) is 0 Å². The van der Waals surface area contributed by atoms with Crippen molar-refractivity contribution < 1.29 is 9.47 Å². The number of methoxy groups -OCH3 is 1. The molecule has 6 rings (SSSR count). The Balaban J connectivity index is 1.20. The highest BCUT2D eigenvalue weighted by Gasteiger charge is 2.52. The zero-order valence-electron chi connectivity index (χ0n) is 20.4. The number of nitrogens with zero attached hydrogens (tertiary/aromatic N) is 4. The third kappa shape index (κ3) is 3.99. The van der Waals surface area contributed by atoms with Gasteiger partial charge in [-0.15, -0.1) is 0 Å².